The van der Waals surface area contributed by atoms with Gasteiger partial charge < -0.3 is 5.32 Å². The number of amides is 1. The number of rotatable bonds is 5. The summed E-state index contributed by atoms with van der Waals surface area (Å²) in [6.45, 7) is 0.739. The molecule has 1 N–H and O–H groups in total. The van der Waals surface area contributed by atoms with Crippen molar-refractivity contribution in [3.63, 3.8) is 0 Å². The molecule has 142 valence electrons. The average molecular weight is 389 g/mol. The van der Waals surface area contributed by atoms with E-state index in [0.717, 1.165) is 42.8 Å². The molecule has 0 radical (unpaired) electrons. The number of allylic oxidation sites excluding steroid dienone is 2. The number of carbonyl (C=O) groups is 1. The highest BCUT2D eigenvalue weighted by molar-refractivity contribution is 7.18. The van der Waals surface area contributed by atoms with E-state index in [9.17, 15) is 4.79 Å². The van der Waals surface area contributed by atoms with Crippen LogP contribution < -0.4 is 5.32 Å². The van der Waals surface area contributed by atoms with Crippen molar-refractivity contribution >= 4 is 27.5 Å². The third-order valence-electron chi connectivity index (χ3n) is 6.24. The molecule has 5 rings (SSSR count). The van der Waals surface area contributed by atoms with E-state index in [4.69, 9.17) is 4.98 Å². The van der Waals surface area contributed by atoms with Gasteiger partial charge in [0.2, 0.25) is 5.91 Å². The second kappa shape index (κ2) is 7.17. The molecule has 0 aliphatic heterocycles. The summed E-state index contributed by atoms with van der Waals surface area (Å²) in [4.78, 5) is 18.0. The van der Waals surface area contributed by atoms with Gasteiger partial charge >= 0.3 is 0 Å². The van der Waals surface area contributed by atoms with Crippen LogP contribution in [0.25, 0.3) is 10.2 Å². The van der Waals surface area contributed by atoms with Gasteiger partial charge in [0.25, 0.3) is 0 Å². The Bertz CT molecular complexity index is 986. The summed E-state index contributed by atoms with van der Waals surface area (Å²) >= 11 is 1.73. The normalized spacial score (nSPS) is 22.9. The van der Waals surface area contributed by atoms with Crippen LogP contribution in [0.3, 0.4) is 0 Å². The van der Waals surface area contributed by atoms with Crippen LogP contribution in [0.5, 0.6) is 0 Å². The number of aromatic nitrogens is 1. The molecule has 2 aliphatic rings. The number of carbonyl (C=O) groups excluding carboxylic acids is 1. The summed E-state index contributed by atoms with van der Waals surface area (Å²) in [6.07, 6.45) is 8.35. The topological polar surface area (TPSA) is 42.0 Å². The van der Waals surface area contributed by atoms with E-state index in [0.29, 0.717) is 0 Å². The zero-order valence-corrected chi connectivity index (χ0v) is 16.6. The maximum atomic E-state index is 13.1. The van der Waals surface area contributed by atoms with Crippen molar-refractivity contribution in [1.29, 1.82) is 0 Å². The summed E-state index contributed by atoms with van der Waals surface area (Å²) in [5, 5.41) is 4.38. The van der Waals surface area contributed by atoms with Gasteiger partial charge in [-0.25, -0.2) is 4.98 Å². The fraction of sp³-hybridized carbons (Fsp3) is 0.333. The summed E-state index contributed by atoms with van der Waals surface area (Å²) in [5.41, 5.74) is 2.53. The molecule has 1 aromatic heterocycles. The standard InChI is InChI=1S/C24H24N2OS/c27-22(25-16-24(14-15-24)17-8-2-1-3-9-17)18-10-4-5-11-19(18)23-26-20-12-6-7-13-21(20)28-23/h1-9,12-13,18-19H,10-11,14-16H2,(H,25,27)/t18-,19-/m0/s1. The fourth-order valence-corrected chi connectivity index (χ4v) is 5.47. The lowest BCUT2D eigenvalue weighted by atomic mass is 9.82. The maximum Gasteiger partial charge on any atom is 0.224 e. The van der Waals surface area contributed by atoms with E-state index < -0.39 is 0 Å². The Kier molecular flexibility index (Phi) is 4.52. The average Bonchev–Trinajstić information content (AvgIpc) is 3.43. The fourth-order valence-electron chi connectivity index (χ4n) is 4.32. The highest BCUT2D eigenvalue weighted by Crippen LogP contribution is 2.47. The molecule has 0 saturated heterocycles. The van der Waals surface area contributed by atoms with Crippen LogP contribution in [0.1, 0.15) is 42.2 Å². The first-order valence-electron chi connectivity index (χ1n) is 10.1. The number of para-hydroxylation sites is 1. The third-order valence-corrected chi connectivity index (χ3v) is 7.41. The lowest BCUT2D eigenvalue weighted by molar-refractivity contribution is -0.125. The zero-order valence-electron chi connectivity index (χ0n) is 15.8. The molecule has 2 atom stereocenters. The number of hydrogen-bond acceptors (Lipinski definition) is 3. The molecule has 2 aromatic carbocycles. The molecular weight excluding hydrogens is 364 g/mol. The number of hydrogen-bond donors (Lipinski definition) is 1. The molecule has 28 heavy (non-hydrogen) atoms. The van der Waals surface area contributed by atoms with Gasteiger partial charge in [0.1, 0.15) is 0 Å². The van der Waals surface area contributed by atoms with Crippen molar-refractivity contribution in [3.8, 4) is 0 Å². The molecule has 4 heteroatoms. The van der Waals surface area contributed by atoms with E-state index in [1.807, 2.05) is 12.1 Å². The van der Waals surface area contributed by atoms with E-state index in [1.54, 1.807) is 11.3 Å². The van der Waals surface area contributed by atoms with Crippen LogP contribution in [-0.4, -0.2) is 17.4 Å². The Morgan fingerprint density at radius 2 is 1.79 bits per heavy atom. The Morgan fingerprint density at radius 3 is 2.57 bits per heavy atom. The van der Waals surface area contributed by atoms with Crippen molar-refractivity contribution in [1.82, 2.24) is 10.3 Å². The van der Waals surface area contributed by atoms with Crippen LogP contribution in [0.2, 0.25) is 0 Å². The summed E-state index contributed by atoms with van der Waals surface area (Å²) < 4.78 is 1.20. The third kappa shape index (κ3) is 3.26. The van der Waals surface area contributed by atoms with Crippen molar-refractivity contribution < 1.29 is 4.79 Å². The smallest absolute Gasteiger partial charge is 0.224 e. The molecule has 0 unspecified atom stereocenters. The molecule has 1 heterocycles. The summed E-state index contributed by atoms with van der Waals surface area (Å²) in [6, 6.07) is 18.8. The quantitative estimate of drug-likeness (QED) is 0.611. The number of thiazole rings is 1. The Morgan fingerprint density at radius 1 is 1.04 bits per heavy atom. The van der Waals surface area contributed by atoms with Gasteiger partial charge in [-0.1, -0.05) is 54.6 Å². The molecule has 1 fully saturated rings. The predicted molar refractivity (Wildman–Crippen MR) is 115 cm³/mol. The minimum Gasteiger partial charge on any atom is -0.355 e. The number of nitrogens with zero attached hydrogens (tertiary/aromatic N) is 1. The maximum absolute atomic E-state index is 13.1. The highest BCUT2D eigenvalue weighted by Gasteiger charge is 2.44. The van der Waals surface area contributed by atoms with E-state index in [-0.39, 0.29) is 23.2 Å². The monoisotopic (exact) mass is 388 g/mol. The number of fused-ring (bicyclic) bond motifs is 1. The second-order valence-electron chi connectivity index (χ2n) is 8.04. The van der Waals surface area contributed by atoms with Crippen LogP contribution in [0.15, 0.2) is 66.7 Å². The lowest BCUT2D eigenvalue weighted by Crippen LogP contribution is -2.39. The van der Waals surface area contributed by atoms with Crippen LogP contribution >= 0.6 is 11.3 Å². The second-order valence-corrected chi connectivity index (χ2v) is 9.10. The molecule has 3 aromatic rings. The van der Waals surface area contributed by atoms with Gasteiger partial charge in [-0.3, -0.25) is 4.79 Å². The van der Waals surface area contributed by atoms with Gasteiger partial charge in [0.05, 0.1) is 21.1 Å². The van der Waals surface area contributed by atoms with Crippen LogP contribution in [0, 0.1) is 5.92 Å². The van der Waals surface area contributed by atoms with Gasteiger partial charge in [-0.2, -0.15) is 0 Å². The first kappa shape index (κ1) is 17.6. The zero-order chi connectivity index (χ0) is 19.0. The van der Waals surface area contributed by atoms with E-state index in [1.165, 1.54) is 10.3 Å². The predicted octanol–water partition coefficient (Wildman–Crippen LogP) is 5.19. The molecule has 0 bridgehead atoms. The molecule has 3 nitrogen and oxygen atoms in total. The summed E-state index contributed by atoms with van der Waals surface area (Å²) in [5.74, 6) is 0.322. The lowest BCUT2D eigenvalue weighted by Gasteiger charge is -2.27. The Hall–Kier alpha value is -2.46. The number of nitrogens with one attached hydrogen (secondary N) is 1. The first-order chi connectivity index (χ1) is 13.8. The van der Waals surface area contributed by atoms with Crippen LogP contribution in [-0.2, 0) is 10.2 Å². The molecular formula is C24H24N2OS. The van der Waals surface area contributed by atoms with Crippen LogP contribution in [0.4, 0.5) is 0 Å². The Balaban J connectivity index is 1.32. The van der Waals surface area contributed by atoms with Crippen molar-refractivity contribution in [3.05, 3.63) is 77.3 Å². The van der Waals surface area contributed by atoms with Gasteiger partial charge in [-0.15, -0.1) is 11.3 Å². The van der Waals surface area contributed by atoms with Crippen molar-refractivity contribution in [2.24, 2.45) is 5.92 Å². The van der Waals surface area contributed by atoms with Crippen molar-refractivity contribution in [2.45, 2.75) is 37.0 Å². The molecule has 0 spiro atoms. The molecule has 1 saturated carbocycles. The van der Waals surface area contributed by atoms with Gasteiger partial charge in [0, 0.05) is 17.9 Å². The van der Waals surface area contributed by atoms with Crippen molar-refractivity contribution in [2.75, 3.05) is 6.54 Å². The van der Waals surface area contributed by atoms with Gasteiger partial charge in [0.15, 0.2) is 0 Å². The number of benzene rings is 2. The van der Waals surface area contributed by atoms with E-state index >= 15 is 0 Å². The molecule has 2 aliphatic carbocycles. The largest absolute Gasteiger partial charge is 0.355 e. The van der Waals surface area contributed by atoms with E-state index in [2.05, 4.69) is 59.9 Å². The molecule has 1 amide bonds. The SMILES string of the molecule is O=C(NCC1(c2ccccc2)CC1)[C@H]1CC=CC[C@@H]1c1nc2ccccc2s1. The minimum atomic E-state index is -0.0304. The van der Waals surface area contributed by atoms with Gasteiger partial charge in [-0.05, 0) is 43.4 Å². The summed E-state index contributed by atoms with van der Waals surface area (Å²) in [7, 11) is 0. The minimum absolute atomic E-state index is 0.0304. The Labute approximate surface area is 169 Å². The highest BCUT2D eigenvalue weighted by atomic mass is 32.1. The first-order valence-corrected chi connectivity index (χ1v) is 10.9.